The maximum absolute atomic E-state index is 12.3. The first-order chi connectivity index (χ1) is 10.7. The summed E-state index contributed by atoms with van der Waals surface area (Å²) in [6.45, 7) is 7.89. The first-order valence-corrected chi connectivity index (χ1v) is 6.91. The van der Waals surface area contributed by atoms with Crippen molar-refractivity contribution in [3.05, 3.63) is 66.1 Å². The molecule has 0 bridgehead atoms. The van der Waals surface area contributed by atoms with E-state index in [1.54, 1.807) is 47.2 Å². The van der Waals surface area contributed by atoms with Crippen LogP contribution >= 0.6 is 0 Å². The van der Waals surface area contributed by atoms with Crippen LogP contribution in [0.4, 0.5) is 0 Å². The summed E-state index contributed by atoms with van der Waals surface area (Å²) < 4.78 is 7.08. The SMILES string of the molecule is C=CCNC(=O)COc1cccc2c(=O)n(CC=C)ccc12. The quantitative estimate of drug-likeness (QED) is 0.794. The molecule has 0 aliphatic heterocycles. The van der Waals surface area contributed by atoms with Crippen molar-refractivity contribution < 1.29 is 9.53 Å². The molecule has 2 rings (SSSR count). The Hall–Kier alpha value is -2.82. The highest BCUT2D eigenvalue weighted by molar-refractivity contribution is 5.88. The molecular formula is C17H18N2O3. The van der Waals surface area contributed by atoms with E-state index in [1.807, 2.05) is 0 Å². The number of nitrogens with zero attached hydrogens (tertiary/aromatic N) is 1. The second-order valence-electron chi connectivity index (χ2n) is 4.66. The Morgan fingerprint density at radius 3 is 2.77 bits per heavy atom. The van der Waals surface area contributed by atoms with Gasteiger partial charge in [-0.05, 0) is 18.2 Å². The van der Waals surface area contributed by atoms with Gasteiger partial charge in [-0.15, -0.1) is 13.2 Å². The third kappa shape index (κ3) is 3.44. The summed E-state index contributed by atoms with van der Waals surface area (Å²) in [5.41, 5.74) is -0.112. The molecule has 1 N–H and O–H groups in total. The number of hydrogen-bond acceptors (Lipinski definition) is 3. The van der Waals surface area contributed by atoms with E-state index < -0.39 is 0 Å². The molecule has 1 aromatic carbocycles. The number of carbonyl (C=O) groups is 1. The zero-order valence-electron chi connectivity index (χ0n) is 12.2. The first-order valence-electron chi connectivity index (χ1n) is 6.91. The average Bonchev–Trinajstić information content (AvgIpc) is 2.53. The molecule has 0 saturated heterocycles. The van der Waals surface area contributed by atoms with E-state index in [1.165, 1.54) is 0 Å². The molecule has 5 nitrogen and oxygen atoms in total. The second kappa shape index (κ2) is 7.26. The number of carbonyl (C=O) groups excluding carboxylic acids is 1. The van der Waals surface area contributed by atoms with Gasteiger partial charge >= 0.3 is 0 Å². The maximum atomic E-state index is 12.3. The Labute approximate surface area is 128 Å². The van der Waals surface area contributed by atoms with E-state index >= 15 is 0 Å². The highest BCUT2D eigenvalue weighted by Gasteiger charge is 2.08. The number of hydrogen-bond donors (Lipinski definition) is 1. The first kappa shape index (κ1) is 15.6. The van der Waals surface area contributed by atoms with E-state index in [4.69, 9.17) is 4.74 Å². The zero-order valence-corrected chi connectivity index (χ0v) is 12.2. The van der Waals surface area contributed by atoms with Gasteiger partial charge in [0, 0.05) is 24.7 Å². The van der Waals surface area contributed by atoms with E-state index in [0.29, 0.717) is 29.6 Å². The number of amides is 1. The Morgan fingerprint density at radius 2 is 2.05 bits per heavy atom. The Bertz CT molecular complexity index is 762. The van der Waals surface area contributed by atoms with Crippen molar-refractivity contribution >= 4 is 16.7 Å². The van der Waals surface area contributed by atoms with Gasteiger partial charge in [-0.1, -0.05) is 18.2 Å². The minimum atomic E-state index is -0.239. The fraction of sp³-hybridized carbons (Fsp3) is 0.176. The molecule has 1 aromatic heterocycles. The highest BCUT2D eigenvalue weighted by Crippen LogP contribution is 2.22. The fourth-order valence-electron chi connectivity index (χ4n) is 2.08. The van der Waals surface area contributed by atoms with Crippen LogP contribution in [0.25, 0.3) is 10.8 Å². The summed E-state index contributed by atoms with van der Waals surface area (Å²) >= 11 is 0. The molecule has 114 valence electrons. The van der Waals surface area contributed by atoms with E-state index in [0.717, 1.165) is 0 Å². The van der Waals surface area contributed by atoms with Gasteiger partial charge in [0.25, 0.3) is 11.5 Å². The third-order valence-corrected chi connectivity index (χ3v) is 3.11. The van der Waals surface area contributed by atoms with Crippen molar-refractivity contribution in [1.29, 1.82) is 0 Å². The number of aromatic nitrogens is 1. The van der Waals surface area contributed by atoms with E-state index in [2.05, 4.69) is 18.5 Å². The molecule has 1 amide bonds. The van der Waals surface area contributed by atoms with Crippen molar-refractivity contribution in [2.24, 2.45) is 0 Å². The third-order valence-electron chi connectivity index (χ3n) is 3.11. The minimum absolute atomic E-state index is 0.108. The summed E-state index contributed by atoms with van der Waals surface area (Å²) in [5.74, 6) is 0.269. The number of allylic oxidation sites excluding steroid dienone is 1. The van der Waals surface area contributed by atoms with Crippen LogP contribution in [-0.2, 0) is 11.3 Å². The summed E-state index contributed by atoms with van der Waals surface area (Å²) in [7, 11) is 0. The molecule has 2 aromatic rings. The number of ether oxygens (including phenoxy) is 1. The van der Waals surface area contributed by atoms with E-state index in [-0.39, 0.29) is 18.1 Å². The van der Waals surface area contributed by atoms with Gasteiger partial charge in [-0.3, -0.25) is 9.59 Å². The summed E-state index contributed by atoms with van der Waals surface area (Å²) in [6.07, 6.45) is 4.95. The summed E-state index contributed by atoms with van der Waals surface area (Å²) in [5, 5.41) is 3.86. The topological polar surface area (TPSA) is 60.3 Å². The monoisotopic (exact) mass is 298 g/mol. The van der Waals surface area contributed by atoms with Crippen molar-refractivity contribution in [2.45, 2.75) is 6.54 Å². The maximum Gasteiger partial charge on any atom is 0.258 e. The van der Waals surface area contributed by atoms with Crippen LogP contribution in [0, 0.1) is 0 Å². The molecule has 5 heteroatoms. The number of nitrogens with one attached hydrogen (secondary N) is 1. The van der Waals surface area contributed by atoms with Crippen LogP contribution in [-0.4, -0.2) is 23.6 Å². The molecule has 0 atom stereocenters. The lowest BCUT2D eigenvalue weighted by Crippen LogP contribution is -2.28. The van der Waals surface area contributed by atoms with Gasteiger partial charge in [-0.2, -0.15) is 0 Å². The molecule has 1 heterocycles. The van der Waals surface area contributed by atoms with Gasteiger partial charge in [0.15, 0.2) is 6.61 Å². The number of pyridine rings is 1. The van der Waals surface area contributed by atoms with Crippen molar-refractivity contribution in [2.75, 3.05) is 13.2 Å². The Balaban J connectivity index is 2.26. The molecule has 0 aliphatic rings. The second-order valence-corrected chi connectivity index (χ2v) is 4.66. The molecule has 0 spiro atoms. The average molecular weight is 298 g/mol. The molecule has 0 fully saturated rings. The lowest BCUT2D eigenvalue weighted by Gasteiger charge is -2.10. The normalized spacial score (nSPS) is 10.2. The molecule has 0 aliphatic carbocycles. The summed E-state index contributed by atoms with van der Waals surface area (Å²) in [6, 6.07) is 7.01. The van der Waals surface area contributed by atoms with Gasteiger partial charge in [0.2, 0.25) is 0 Å². The van der Waals surface area contributed by atoms with Crippen LogP contribution in [0.3, 0.4) is 0 Å². The number of rotatable bonds is 7. The number of fused-ring (bicyclic) bond motifs is 1. The molecule has 0 saturated carbocycles. The predicted molar refractivity (Wildman–Crippen MR) is 87.1 cm³/mol. The highest BCUT2D eigenvalue weighted by atomic mass is 16.5. The minimum Gasteiger partial charge on any atom is -0.483 e. The van der Waals surface area contributed by atoms with Crippen molar-refractivity contribution in [3.63, 3.8) is 0 Å². The van der Waals surface area contributed by atoms with Gasteiger partial charge in [-0.25, -0.2) is 0 Å². The van der Waals surface area contributed by atoms with Crippen LogP contribution in [0.1, 0.15) is 0 Å². The Kier molecular flexibility index (Phi) is 5.14. The largest absolute Gasteiger partial charge is 0.483 e. The molecule has 0 radical (unpaired) electrons. The van der Waals surface area contributed by atoms with Crippen molar-refractivity contribution in [3.8, 4) is 5.75 Å². The van der Waals surface area contributed by atoms with Gasteiger partial charge in [0.1, 0.15) is 5.75 Å². The van der Waals surface area contributed by atoms with Gasteiger partial charge < -0.3 is 14.6 Å². The van der Waals surface area contributed by atoms with Crippen LogP contribution in [0.15, 0.2) is 60.6 Å². The lowest BCUT2D eigenvalue weighted by molar-refractivity contribution is -0.122. The standard InChI is InChI=1S/C17H18N2O3/c1-3-9-18-16(20)12-22-15-7-5-6-14-13(15)8-11-19(10-4-2)17(14)21/h3-8,11H,1-2,9-10,12H2,(H,18,20). The smallest absolute Gasteiger partial charge is 0.258 e. The fourth-order valence-corrected chi connectivity index (χ4v) is 2.08. The van der Waals surface area contributed by atoms with Crippen LogP contribution in [0.2, 0.25) is 0 Å². The molecule has 22 heavy (non-hydrogen) atoms. The Morgan fingerprint density at radius 1 is 1.23 bits per heavy atom. The predicted octanol–water partition coefficient (Wildman–Crippen LogP) is 1.87. The summed E-state index contributed by atoms with van der Waals surface area (Å²) in [4.78, 5) is 23.9. The van der Waals surface area contributed by atoms with E-state index in [9.17, 15) is 9.59 Å². The van der Waals surface area contributed by atoms with Crippen LogP contribution < -0.4 is 15.6 Å². The molecule has 0 unspecified atom stereocenters. The van der Waals surface area contributed by atoms with Gasteiger partial charge in [0.05, 0.1) is 5.39 Å². The lowest BCUT2D eigenvalue weighted by atomic mass is 10.1. The van der Waals surface area contributed by atoms with Crippen molar-refractivity contribution in [1.82, 2.24) is 9.88 Å². The van der Waals surface area contributed by atoms with Crippen LogP contribution in [0.5, 0.6) is 5.75 Å². The number of benzene rings is 1. The zero-order chi connectivity index (χ0) is 15.9. The molecular weight excluding hydrogens is 280 g/mol.